The van der Waals surface area contributed by atoms with Gasteiger partial charge in [0.25, 0.3) is 0 Å². The molecule has 0 nitrogen and oxygen atoms in total. The van der Waals surface area contributed by atoms with Crippen molar-refractivity contribution in [2.45, 2.75) is 6.55 Å². The second kappa shape index (κ2) is 28.6. The van der Waals surface area contributed by atoms with Crippen LogP contribution in [0.25, 0.3) is 0 Å². The summed E-state index contributed by atoms with van der Waals surface area (Å²) in [5.41, 5.74) is 0. The topological polar surface area (TPSA) is 0 Å². The molecular formula is CH8Cl2Si2Zr. The molecule has 0 bridgehead atoms. The van der Waals surface area contributed by atoms with E-state index in [0.717, 1.165) is 0 Å². The van der Waals surface area contributed by atoms with Gasteiger partial charge in [-0.2, -0.15) is 0 Å². The first-order chi connectivity index (χ1) is 1.41. The molecule has 0 saturated carbocycles. The summed E-state index contributed by atoms with van der Waals surface area (Å²) < 4.78 is 0. The van der Waals surface area contributed by atoms with Crippen molar-refractivity contribution >= 4 is 18.8 Å². The number of hydrogen-bond donors (Lipinski definition) is 0. The fraction of sp³-hybridized carbons (Fsp3) is 1.00. The summed E-state index contributed by atoms with van der Waals surface area (Å²) in [4.78, 5) is 0. The van der Waals surface area contributed by atoms with Crippen molar-refractivity contribution in [1.29, 1.82) is 0 Å². The Morgan fingerprint density at radius 2 is 1.33 bits per heavy atom. The number of halogens is 2. The van der Waals surface area contributed by atoms with E-state index in [9.17, 15) is 0 Å². The smallest absolute Gasteiger partial charge is 1.00 e. The molecule has 6 heavy (non-hydrogen) atoms. The van der Waals surface area contributed by atoms with Gasteiger partial charge in [0.05, 0.1) is 0 Å². The minimum absolute atomic E-state index is 0. The van der Waals surface area contributed by atoms with Crippen LogP contribution in [0.1, 0.15) is 0 Å². The Bertz CT molecular complexity index is 11.5. The molecule has 0 unspecified atom stereocenters. The van der Waals surface area contributed by atoms with Crippen LogP contribution in [0.2, 0.25) is 6.55 Å². The van der Waals surface area contributed by atoms with E-state index < -0.39 is 0 Å². The van der Waals surface area contributed by atoms with Crippen molar-refractivity contribution < 1.29 is 51.0 Å². The van der Waals surface area contributed by atoms with Crippen LogP contribution in [-0.4, -0.2) is 18.8 Å². The second-order valence-corrected chi connectivity index (χ2v) is 6.36. The maximum absolute atomic E-state index is 2.33. The van der Waals surface area contributed by atoms with Gasteiger partial charge in [0.15, 0.2) is 0 Å². The van der Waals surface area contributed by atoms with E-state index >= 15 is 0 Å². The Hall–Kier alpha value is 1.90. The van der Waals surface area contributed by atoms with Gasteiger partial charge in [-0.3, -0.25) is 0 Å². The first-order valence-electron chi connectivity index (χ1n) is 1.41. The summed E-state index contributed by atoms with van der Waals surface area (Å²) in [5, 5.41) is 0. The third-order valence-corrected chi connectivity index (χ3v) is 0. The molecule has 0 aromatic heterocycles. The van der Waals surface area contributed by atoms with E-state index in [0.29, 0.717) is 9.04 Å². The molecule has 0 aromatic carbocycles. The van der Waals surface area contributed by atoms with Crippen LogP contribution >= 0.6 is 0 Å². The Labute approximate surface area is 75.8 Å². The van der Waals surface area contributed by atoms with Crippen LogP contribution < -0.4 is 24.8 Å². The van der Waals surface area contributed by atoms with E-state index in [4.69, 9.17) is 0 Å². The molecule has 0 saturated heterocycles. The minimum atomic E-state index is 0. The van der Waals surface area contributed by atoms with Crippen molar-refractivity contribution in [3.8, 4) is 0 Å². The summed E-state index contributed by atoms with van der Waals surface area (Å²) in [7, 11) is 2.06. The van der Waals surface area contributed by atoms with E-state index in [1.165, 1.54) is 9.76 Å². The zero-order valence-electron chi connectivity index (χ0n) is 3.96. The molecule has 0 radical (unpaired) electrons. The quantitative estimate of drug-likeness (QED) is 0.368. The molecule has 0 heterocycles. The number of rotatable bonds is 0. The minimum Gasteiger partial charge on any atom is -1.00 e. The van der Waals surface area contributed by atoms with Crippen molar-refractivity contribution in [1.82, 2.24) is 0 Å². The maximum Gasteiger partial charge on any atom is 2.00 e. The first-order valence-corrected chi connectivity index (χ1v) is 8.49. The van der Waals surface area contributed by atoms with Crippen LogP contribution in [0.5, 0.6) is 0 Å². The van der Waals surface area contributed by atoms with Crippen LogP contribution in [0.3, 0.4) is 0 Å². The summed E-state index contributed by atoms with van der Waals surface area (Å²) in [6.07, 6.45) is 0. The van der Waals surface area contributed by atoms with Gasteiger partial charge < -0.3 is 24.8 Å². The standard InChI is InChI=1S/CH8Si2.2ClH.Zr/c1-3-2;;;/h3H2,1-2H3;2*1H;/q;;;+2/p-2. The second-order valence-electron chi connectivity index (χ2n) is 0.707. The van der Waals surface area contributed by atoms with Crippen molar-refractivity contribution in [3.63, 3.8) is 0 Å². The Balaban J connectivity index is -0.00000000667. The molecule has 38 valence electrons. The van der Waals surface area contributed by atoms with Gasteiger partial charge in [-0.1, -0.05) is 6.55 Å². The van der Waals surface area contributed by atoms with Gasteiger partial charge in [0.1, 0.15) is 0 Å². The molecule has 5 heteroatoms. The molecule has 0 rings (SSSR count). The summed E-state index contributed by atoms with van der Waals surface area (Å²) in [6, 6.07) is 0. The molecule has 0 aromatic rings. The number of hydrogen-bond acceptors (Lipinski definition) is 0. The van der Waals surface area contributed by atoms with Gasteiger partial charge in [-0.05, 0) is 9.76 Å². The van der Waals surface area contributed by atoms with E-state index in [-0.39, 0.29) is 51.0 Å². The van der Waals surface area contributed by atoms with Gasteiger partial charge in [0.2, 0.25) is 0 Å². The zero-order chi connectivity index (χ0) is 2.71. The van der Waals surface area contributed by atoms with Gasteiger partial charge in [0, 0.05) is 9.04 Å². The van der Waals surface area contributed by atoms with Crippen LogP contribution in [0, 0.1) is 0 Å². The molecule has 0 fully saturated rings. The average Bonchev–Trinajstić information content (AvgIpc) is 0.918. The third-order valence-electron chi connectivity index (χ3n) is 0. The molecule has 0 aliphatic carbocycles. The molecule has 0 amide bonds. The van der Waals surface area contributed by atoms with E-state index in [1.807, 2.05) is 0 Å². The van der Waals surface area contributed by atoms with Crippen LogP contribution in [-0.2, 0) is 26.2 Å². The third kappa shape index (κ3) is 39.3. The molecule has 0 spiro atoms. The van der Waals surface area contributed by atoms with Crippen LogP contribution in [0.15, 0.2) is 0 Å². The molecule has 0 aliphatic rings. The molecule has 0 aliphatic heterocycles. The predicted octanol–water partition coefficient (Wildman–Crippen LogP) is -7.51. The average molecular weight is 238 g/mol. The Morgan fingerprint density at radius 3 is 1.33 bits per heavy atom. The van der Waals surface area contributed by atoms with Crippen molar-refractivity contribution in [2.75, 3.05) is 0 Å². The van der Waals surface area contributed by atoms with Gasteiger partial charge in [-0.25, -0.2) is 0 Å². The summed E-state index contributed by atoms with van der Waals surface area (Å²) >= 11 is 0. The summed E-state index contributed by atoms with van der Waals surface area (Å²) in [6.45, 7) is 2.33. The van der Waals surface area contributed by atoms with Gasteiger partial charge in [-0.15, -0.1) is 0 Å². The largest absolute Gasteiger partial charge is 2.00 e. The Morgan fingerprint density at radius 1 is 1.33 bits per heavy atom. The zero-order valence-corrected chi connectivity index (χ0v) is 11.3. The normalized spacial score (nSPS) is 5.50. The predicted molar refractivity (Wildman–Crippen MR) is 24.3 cm³/mol. The fourth-order valence-corrected chi connectivity index (χ4v) is 0. The summed E-state index contributed by atoms with van der Waals surface area (Å²) in [5.74, 6) is 0. The van der Waals surface area contributed by atoms with E-state index in [1.54, 1.807) is 0 Å². The molecular weight excluding hydrogens is 230 g/mol. The Kier molecular flexibility index (Phi) is 118. The van der Waals surface area contributed by atoms with Crippen LogP contribution in [0.4, 0.5) is 0 Å². The van der Waals surface area contributed by atoms with Crippen molar-refractivity contribution in [2.24, 2.45) is 0 Å². The van der Waals surface area contributed by atoms with Gasteiger partial charge >= 0.3 is 26.2 Å². The molecule has 0 N–H and O–H groups in total. The maximum atomic E-state index is 2.33. The van der Waals surface area contributed by atoms with Crippen molar-refractivity contribution in [3.05, 3.63) is 0 Å². The monoisotopic (exact) mass is 236 g/mol. The SMILES string of the molecule is C[SiH2][SiH3].[Cl-].[Cl-].[Zr+2]. The van der Waals surface area contributed by atoms with E-state index in [2.05, 4.69) is 6.55 Å². The fourth-order valence-electron chi connectivity index (χ4n) is 0. The molecule has 0 atom stereocenters. The first kappa shape index (κ1) is 24.7.